The van der Waals surface area contributed by atoms with E-state index in [2.05, 4.69) is 15.2 Å². The fourth-order valence-corrected chi connectivity index (χ4v) is 5.93. The molecule has 214 valence electrons. The van der Waals surface area contributed by atoms with Gasteiger partial charge in [-0.15, -0.1) is 0 Å². The van der Waals surface area contributed by atoms with Crippen LogP contribution in [0.1, 0.15) is 56.2 Å². The van der Waals surface area contributed by atoms with Gasteiger partial charge in [0.15, 0.2) is 0 Å². The van der Waals surface area contributed by atoms with Gasteiger partial charge < -0.3 is 24.7 Å². The molecule has 0 spiro atoms. The molecule has 1 aliphatic carbocycles. The maximum atomic E-state index is 14.2. The number of nitrogens with one attached hydrogen (secondary N) is 2. The summed E-state index contributed by atoms with van der Waals surface area (Å²) in [7, 11) is 0. The van der Waals surface area contributed by atoms with Crippen molar-refractivity contribution < 1.29 is 19.1 Å². The van der Waals surface area contributed by atoms with E-state index >= 15 is 0 Å². The van der Waals surface area contributed by atoms with Crippen LogP contribution in [0.4, 0.5) is 0 Å². The van der Waals surface area contributed by atoms with Gasteiger partial charge in [-0.3, -0.25) is 14.5 Å². The van der Waals surface area contributed by atoms with Gasteiger partial charge in [0, 0.05) is 49.3 Å². The predicted octanol–water partition coefficient (Wildman–Crippen LogP) is 4.46. The molecule has 1 aromatic heterocycles. The summed E-state index contributed by atoms with van der Waals surface area (Å²) in [6.45, 7) is 6.69. The molecule has 2 aromatic carbocycles. The first-order chi connectivity index (χ1) is 19.6. The first-order valence-electron chi connectivity index (χ1n) is 14.8. The number of ether oxygens (including phenoxy) is 2. The number of aromatic nitrogens is 1. The molecule has 3 aromatic rings. The number of carbonyl (C=O) groups excluding carboxylic acids is 2. The van der Waals surface area contributed by atoms with E-state index in [1.54, 1.807) is 4.90 Å². The van der Waals surface area contributed by atoms with E-state index in [0.717, 1.165) is 66.6 Å². The Balaban J connectivity index is 1.45. The molecule has 1 aliphatic heterocycles. The van der Waals surface area contributed by atoms with Crippen molar-refractivity contribution in [1.29, 1.82) is 0 Å². The lowest BCUT2D eigenvalue weighted by Crippen LogP contribution is -2.50. The van der Waals surface area contributed by atoms with Crippen LogP contribution >= 0.6 is 0 Å². The number of hydrogen-bond donors (Lipinski definition) is 2. The van der Waals surface area contributed by atoms with Gasteiger partial charge in [0.05, 0.1) is 26.2 Å². The first-order valence-corrected chi connectivity index (χ1v) is 14.8. The molecule has 1 saturated heterocycles. The average Bonchev–Trinajstić information content (AvgIpc) is 3.39. The molecule has 40 heavy (non-hydrogen) atoms. The molecule has 8 nitrogen and oxygen atoms in total. The highest BCUT2D eigenvalue weighted by Crippen LogP contribution is 2.28. The van der Waals surface area contributed by atoms with Crippen LogP contribution in [0.2, 0.25) is 0 Å². The van der Waals surface area contributed by atoms with E-state index in [4.69, 9.17) is 9.47 Å². The molecule has 0 radical (unpaired) electrons. The van der Waals surface area contributed by atoms with Crippen LogP contribution < -0.4 is 10.1 Å². The van der Waals surface area contributed by atoms with Crippen molar-refractivity contribution in [2.45, 2.75) is 57.5 Å². The van der Waals surface area contributed by atoms with Crippen molar-refractivity contribution in [1.82, 2.24) is 20.1 Å². The monoisotopic (exact) mass is 546 g/mol. The third kappa shape index (κ3) is 7.04. The zero-order valence-electron chi connectivity index (χ0n) is 23.6. The minimum absolute atomic E-state index is 0.0595. The van der Waals surface area contributed by atoms with Crippen LogP contribution in [0, 0.1) is 0 Å². The normalized spacial score (nSPS) is 17.4. The lowest BCUT2D eigenvalue weighted by molar-refractivity contribution is -0.141. The maximum Gasteiger partial charge on any atom is 0.247 e. The highest BCUT2D eigenvalue weighted by molar-refractivity contribution is 5.92. The number of fused-ring (bicyclic) bond motifs is 1. The minimum Gasteiger partial charge on any atom is -0.494 e. The van der Waals surface area contributed by atoms with Gasteiger partial charge in [-0.25, -0.2) is 0 Å². The summed E-state index contributed by atoms with van der Waals surface area (Å²) < 4.78 is 11.2. The molecule has 2 amide bonds. The number of H-pyrrole nitrogens is 1. The molecular weight excluding hydrogens is 504 g/mol. The second-order valence-corrected chi connectivity index (χ2v) is 10.8. The number of carbonyl (C=O) groups is 2. The average molecular weight is 547 g/mol. The largest absolute Gasteiger partial charge is 0.494 e. The Morgan fingerprint density at radius 1 is 1.07 bits per heavy atom. The molecule has 1 atom stereocenters. The molecule has 2 aliphatic rings. The highest BCUT2D eigenvalue weighted by Gasteiger charge is 2.33. The molecule has 2 heterocycles. The molecule has 8 heteroatoms. The molecule has 1 saturated carbocycles. The summed E-state index contributed by atoms with van der Waals surface area (Å²) in [5.41, 5.74) is 2.74. The Hall–Kier alpha value is -3.36. The van der Waals surface area contributed by atoms with Crippen molar-refractivity contribution in [3.05, 3.63) is 65.9 Å². The van der Waals surface area contributed by atoms with E-state index in [9.17, 15) is 9.59 Å². The van der Waals surface area contributed by atoms with Crippen LogP contribution in [0.3, 0.4) is 0 Å². The zero-order valence-corrected chi connectivity index (χ0v) is 23.6. The maximum absolute atomic E-state index is 14.2. The predicted molar refractivity (Wildman–Crippen MR) is 156 cm³/mol. The molecule has 1 unspecified atom stereocenters. The summed E-state index contributed by atoms with van der Waals surface area (Å²) >= 11 is 0. The van der Waals surface area contributed by atoms with Gasteiger partial charge in [-0.05, 0) is 49.1 Å². The van der Waals surface area contributed by atoms with Crippen LogP contribution in [-0.4, -0.2) is 78.6 Å². The van der Waals surface area contributed by atoms with Crippen LogP contribution in [0.25, 0.3) is 10.9 Å². The number of aromatic amines is 1. The lowest BCUT2D eigenvalue weighted by Gasteiger charge is -2.35. The van der Waals surface area contributed by atoms with E-state index in [0.29, 0.717) is 32.9 Å². The molecule has 2 N–H and O–H groups in total. The molecular formula is C32H42N4O4. The van der Waals surface area contributed by atoms with Crippen molar-refractivity contribution in [2.75, 3.05) is 46.0 Å². The number of rotatable bonds is 11. The summed E-state index contributed by atoms with van der Waals surface area (Å²) in [5.74, 6) is 0.587. The van der Waals surface area contributed by atoms with Gasteiger partial charge >= 0.3 is 0 Å². The standard InChI is InChI=1S/C32H42N4O4/c1-2-40-27-14-12-24(13-15-27)31(32(38)34-26-8-4-3-5-9-26)36(17-16-35-18-20-39-21-19-35)30(37)22-25-23-33-29-11-7-6-10-28(25)29/h6-7,10-15,23,26,31,33H,2-5,8-9,16-22H2,1H3,(H,34,38). The Bertz CT molecular complexity index is 1250. The fraction of sp³-hybridized carbons (Fsp3) is 0.500. The number of para-hydroxylation sites is 1. The second-order valence-electron chi connectivity index (χ2n) is 10.8. The Labute approximate surface area is 237 Å². The molecule has 0 bridgehead atoms. The highest BCUT2D eigenvalue weighted by atomic mass is 16.5. The van der Waals surface area contributed by atoms with E-state index in [1.165, 1.54) is 6.42 Å². The number of benzene rings is 2. The quantitative estimate of drug-likeness (QED) is 0.371. The van der Waals surface area contributed by atoms with Gasteiger partial charge in [0.1, 0.15) is 11.8 Å². The zero-order chi connectivity index (χ0) is 27.7. The van der Waals surface area contributed by atoms with E-state index in [1.807, 2.05) is 61.7 Å². The van der Waals surface area contributed by atoms with E-state index in [-0.39, 0.29) is 24.3 Å². The second kappa shape index (κ2) is 13.8. The van der Waals surface area contributed by atoms with Crippen LogP contribution in [0.5, 0.6) is 5.75 Å². The van der Waals surface area contributed by atoms with Crippen LogP contribution in [-0.2, 0) is 20.7 Å². The summed E-state index contributed by atoms with van der Waals surface area (Å²) in [5, 5.41) is 4.35. The first kappa shape index (κ1) is 28.2. The minimum atomic E-state index is -0.726. The SMILES string of the molecule is CCOc1ccc(C(C(=O)NC2CCCCC2)N(CCN2CCOCC2)C(=O)Cc2c[nH]c3ccccc23)cc1. The number of amides is 2. The van der Waals surface area contributed by atoms with Gasteiger partial charge in [0.25, 0.3) is 0 Å². The topological polar surface area (TPSA) is 86.9 Å². The third-order valence-electron chi connectivity index (χ3n) is 8.12. The van der Waals surface area contributed by atoms with Crippen molar-refractivity contribution in [2.24, 2.45) is 0 Å². The number of hydrogen-bond acceptors (Lipinski definition) is 5. The van der Waals surface area contributed by atoms with Crippen molar-refractivity contribution >= 4 is 22.7 Å². The lowest BCUT2D eigenvalue weighted by atomic mass is 9.94. The van der Waals surface area contributed by atoms with Crippen molar-refractivity contribution in [3.63, 3.8) is 0 Å². The Morgan fingerprint density at radius 2 is 1.82 bits per heavy atom. The number of morpholine rings is 1. The van der Waals surface area contributed by atoms with Gasteiger partial charge in [-0.2, -0.15) is 0 Å². The van der Waals surface area contributed by atoms with Crippen molar-refractivity contribution in [3.8, 4) is 5.75 Å². The Kier molecular flexibility index (Phi) is 9.73. The summed E-state index contributed by atoms with van der Waals surface area (Å²) in [6.07, 6.45) is 7.56. The van der Waals surface area contributed by atoms with Gasteiger partial charge in [0.2, 0.25) is 11.8 Å². The fourth-order valence-electron chi connectivity index (χ4n) is 5.93. The third-order valence-corrected chi connectivity index (χ3v) is 8.12. The molecule has 5 rings (SSSR count). The Morgan fingerprint density at radius 3 is 2.58 bits per heavy atom. The van der Waals surface area contributed by atoms with E-state index < -0.39 is 6.04 Å². The van der Waals surface area contributed by atoms with Crippen LogP contribution in [0.15, 0.2) is 54.7 Å². The summed E-state index contributed by atoms with van der Waals surface area (Å²) in [6, 6.07) is 15.1. The smallest absolute Gasteiger partial charge is 0.247 e. The van der Waals surface area contributed by atoms with Gasteiger partial charge in [-0.1, -0.05) is 49.6 Å². The summed E-state index contributed by atoms with van der Waals surface area (Å²) in [4.78, 5) is 35.6. The number of nitrogens with zero attached hydrogens (tertiary/aromatic N) is 2. The molecule has 2 fully saturated rings.